The van der Waals surface area contributed by atoms with Crippen LogP contribution in [0.15, 0.2) is 18.6 Å². The topological polar surface area (TPSA) is 56.0 Å². The summed E-state index contributed by atoms with van der Waals surface area (Å²) in [5.74, 6) is 1.36. The Kier molecular flexibility index (Phi) is 5.02. The lowest BCUT2D eigenvalue weighted by Crippen LogP contribution is -2.36. The Morgan fingerprint density at radius 3 is 2.83 bits per heavy atom. The predicted molar refractivity (Wildman–Crippen MR) is 92.6 cm³/mol. The number of amides is 1. The smallest absolute Gasteiger partial charge is 0.224 e. The zero-order valence-corrected chi connectivity index (χ0v) is 14.9. The van der Waals surface area contributed by atoms with Crippen LogP contribution in [0.1, 0.15) is 42.8 Å². The lowest BCUT2D eigenvalue weighted by Gasteiger charge is -2.25. The van der Waals surface area contributed by atoms with Crippen LogP contribution in [-0.4, -0.2) is 42.7 Å². The van der Waals surface area contributed by atoms with E-state index in [0.29, 0.717) is 19.0 Å². The van der Waals surface area contributed by atoms with Crippen molar-refractivity contribution in [3.05, 3.63) is 35.7 Å². The fourth-order valence-corrected chi connectivity index (χ4v) is 3.48. The molecule has 6 nitrogen and oxygen atoms in total. The second-order valence-electron chi connectivity index (χ2n) is 6.83. The van der Waals surface area contributed by atoms with E-state index < -0.39 is 0 Å². The van der Waals surface area contributed by atoms with E-state index in [-0.39, 0.29) is 5.91 Å². The van der Waals surface area contributed by atoms with Crippen LogP contribution in [0.25, 0.3) is 0 Å². The van der Waals surface area contributed by atoms with Crippen molar-refractivity contribution in [3.63, 3.8) is 0 Å². The highest BCUT2D eigenvalue weighted by atomic mass is 16.2. The third-order valence-electron chi connectivity index (χ3n) is 5.03. The number of nitrogens with zero attached hydrogens (tertiary/aromatic N) is 5. The number of carbonyl (C=O) groups is 1. The van der Waals surface area contributed by atoms with Crippen LogP contribution in [0.5, 0.6) is 0 Å². The summed E-state index contributed by atoms with van der Waals surface area (Å²) in [5, 5.41) is 4.26. The summed E-state index contributed by atoms with van der Waals surface area (Å²) >= 11 is 0. The standard InChI is InChI=1S/C18H27N5O/c1-14-11-20-22(13-14)10-8-18(24)23-9-4-5-16(23)6-7-17-19-12-15(2)21(17)3/h11-13,16H,4-10H2,1-3H3. The van der Waals surface area contributed by atoms with Gasteiger partial charge in [0.25, 0.3) is 0 Å². The minimum absolute atomic E-state index is 0.252. The summed E-state index contributed by atoms with van der Waals surface area (Å²) in [6.45, 7) is 5.63. The SMILES string of the molecule is Cc1cnn(CCC(=O)N2CCCC2CCc2ncc(C)n2C)c1. The Morgan fingerprint density at radius 1 is 1.33 bits per heavy atom. The second-order valence-corrected chi connectivity index (χ2v) is 6.83. The normalized spacial score (nSPS) is 17.6. The maximum atomic E-state index is 12.6. The summed E-state index contributed by atoms with van der Waals surface area (Å²) in [6, 6.07) is 0.355. The first kappa shape index (κ1) is 16.7. The van der Waals surface area contributed by atoms with Gasteiger partial charge in [0.2, 0.25) is 5.91 Å². The molecule has 1 aliphatic rings. The Labute approximate surface area is 143 Å². The molecule has 0 N–H and O–H groups in total. The average Bonchev–Trinajstić information content (AvgIpc) is 3.26. The van der Waals surface area contributed by atoms with Gasteiger partial charge in [-0.3, -0.25) is 9.48 Å². The number of aromatic nitrogens is 4. The fraction of sp³-hybridized carbons (Fsp3) is 0.611. The van der Waals surface area contributed by atoms with Gasteiger partial charge in [0.05, 0.1) is 6.20 Å². The van der Waals surface area contributed by atoms with E-state index in [1.807, 2.05) is 30.2 Å². The van der Waals surface area contributed by atoms with E-state index in [9.17, 15) is 4.79 Å². The molecule has 1 amide bonds. The first-order chi connectivity index (χ1) is 11.5. The van der Waals surface area contributed by atoms with E-state index in [0.717, 1.165) is 43.6 Å². The summed E-state index contributed by atoms with van der Waals surface area (Å²) in [4.78, 5) is 19.1. The van der Waals surface area contributed by atoms with Crippen molar-refractivity contribution < 1.29 is 4.79 Å². The minimum Gasteiger partial charge on any atom is -0.340 e. The summed E-state index contributed by atoms with van der Waals surface area (Å²) < 4.78 is 4.00. The van der Waals surface area contributed by atoms with E-state index in [2.05, 4.69) is 33.5 Å². The predicted octanol–water partition coefficient (Wildman–Crippen LogP) is 2.25. The van der Waals surface area contributed by atoms with Crippen LogP contribution in [0.4, 0.5) is 0 Å². The second kappa shape index (κ2) is 7.20. The highest BCUT2D eigenvalue weighted by Crippen LogP contribution is 2.22. The van der Waals surface area contributed by atoms with E-state index in [1.165, 1.54) is 5.69 Å². The van der Waals surface area contributed by atoms with Crippen molar-refractivity contribution in [3.8, 4) is 0 Å². The molecule has 1 unspecified atom stereocenters. The van der Waals surface area contributed by atoms with Gasteiger partial charge in [-0.05, 0) is 38.7 Å². The number of hydrogen-bond acceptors (Lipinski definition) is 3. The van der Waals surface area contributed by atoms with Crippen LogP contribution in [0, 0.1) is 13.8 Å². The van der Waals surface area contributed by atoms with Gasteiger partial charge in [0.1, 0.15) is 5.82 Å². The van der Waals surface area contributed by atoms with Gasteiger partial charge in [0.15, 0.2) is 0 Å². The van der Waals surface area contributed by atoms with Gasteiger partial charge < -0.3 is 9.47 Å². The quantitative estimate of drug-likeness (QED) is 0.817. The maximum Gasteiger partial charge on any atom is 0.224 e. The first-order valence-electron chi connectivity index (χ1n) is 8.80. The molecule has 0 bridgehead atoms. The number of carbonyl (C=O) groups excluding carboxylic acids is 1. The highest BCUT2D eigenvalue weighted by Gasteiger charge is 2.28. The Balaban J connectivity index is 1.52. The molecule has 1 fully saturated rings. The molecule has 1 atom stereocenters. The lowest BCUT2D eigenvalue weighted by molar-refractivity contribution is -0.132. The zero-order chi connectivity index (χ0) is 17.1. The van der Waals surface area contributed by atoms with Crippen molar-refractivity contribution in [2.24, 2.45) is 7.05 Å². The molecule has 1 aliphatic heterocycles. The summed E-state index contributed by atoms with van der Waals surface area (Å²) in [6.07, 6.45) is 10.4. The van der Waals surface area contributed by atoms with Gasteiger partial charge in [-0.1, -0.05) is 0 Å². The number of likely N-dealkylation sites (tertiary alicyclic amines) is 1. The van der Waals surface area contributed by atoms with Crippen molar-refractivity contribution in [1.29, 1.82) is 0 Å². The van der Waals surface area contributed by atoms with Gasteiger partial charge in [-0.15, -0.1) is 0 Å². The molecule has 3 rings (SSSR count). The third-order valence-corrected chi connectivity index (χ3v) is 5.03. The molecule has 0 spiro atoms. The van der Waals surface area contributed by atoms with Crippen molar-refractivity contribution in [2.45, 2.75) is 58.5 Å². The zero-order valence-electron chi connectivity index (χ0n) is 14.9. The Hall–Kier alpha value is -2.11. The summed E-state index contributed by atoms with van der Waals surface area (Å²) in [7, 11) is 2.06. The fourth-order valence-electron chi connectivity index (χ4n) is 3.48. The molecule has 24 heavy (non-hydrogen) atoms. The van der Waals surface area contributed by atoms with Gasteiger partial charge in [-0.25, -0.2) is 4.98 Å². The number of hydrogen-bond donors (Lipinski definition) is 0. The maximum absolute atomic E-state index is 12.6. The molecule has 2 aromatic rings. The van der Waals surface area contributed by atoms with Crippen molar-refractivity contribution in [2.75, 3.05) is 6.54 Å². The molecule has 0 aliphatic carbocycles. The Bertz CT molecular complexity index is 702. The molecule has 2 aromatic heterocycles. The number of imidazole rings is 1. The molecule has 1 saturated heterocycles. The lowest BCUT2D eigenvalue weighted by atomic mass is 10.1. The molecule has 0 saturated carbocycles. The van der Waals surface area contributed by atoms with Gasteiger partial charge >= 0.3 is 0 Å². The largest absolute Gasteiger partial charge is 0.340 e. The molecular weight excluding hydrogens is 302 g/mol. The molecule has 6 heteroatoms. The number of rotatable bonds is 6. The van der Waals surface area contributed by atoms with Crippen LogP contribution < -0.4 is 0 Å². The van der Waals surface area contributed by atoms with E-state index in [4.69, 9.17) is 0 Å². The van der Waals surface area contributed by atoms with E-state index in [1.54, 1.807) is 0 Å². The van der Waals surface area contributed by atoms with Gasteiger partial charge in [0, 0.05) is 57.1 Å². The number of aryl methyl sites for hydroxylation is 4. The highest BCUT2D eigenvalue weighted by molar-refractivity contribution is 5.76. The molecule has 0 aromatic carbocycles. The van der Waals surface area contributed by atoms with Crippen molar-refractivity contribution >= 4 is 5.91 Å². The molecule has 3 heterocycles. The summed E-state index contributed by atoms with van der Waals surface area (Å²) in [5.41, 5.74) is 2.31. The van der Waals surface area contributed by atoms with Crippen LogP contribution in [0.3, 0.4) is 0 Å². The Morgan fingerprint density at radius 2 is 2.17 bits per heavy atom. The molecule has 130 valence electrons. The van der Waals surface area contributed by atoms with Crippen LogP contribution in [-0.2, 0) is 24.8 Å². The monoisotopic (exact) mass is 329 g/mol. The molecule has 0 radical (unpaired) electrons. The first-order valence-corrected chi connectivity index (χ1v) is 8.80. The average molecular weight is 329 g/mol. The van der Waals surface area contributed by atoms with E-state index >= 15 is 0 Å². The minimum atomic E-state index is 0.252. The van der Waals surface area contributed by atoms with Gasteiger partial charge in [-0.2, -0.15) is 5.10 Å². The third kappa shape index (κ3) is 3.68. The van der Waals surface area contributed by atoms with Crippen molar-refractivity contribution in [1.82, 2.24) is 24.2 Å². The molecular formula is C18H27N5O. The van der Waals surface area contributed by atoms with Crippen LogP contribution >= 0.6 is 0 Å². The van der Waals surface area contributed by atoms with Crippen LogP contribution in [0.2, 0.25) is 0 Å².